The van der Waals surface area contributed by atoms with Gasteiger partial charge >= 0.3 is 6.03 Å². The van der Waals surface area contributed by atoms with Crippen molar-refractivity contribution in [1.82, 2.24) is 10.2 Å². The fourth-order valence-corrected chi connectivity index (χ4v) is 1.88. The molecule has 0 atom stereocenters. The van der Waals surface area contributed by atoms with E-state index in [4.69, 9.17) is 23.2 Å². The van der Waals surface area contributed by atoms with Crippen LogP contribution >= 0.6 is 23.2 Å². The number of anilines is 1. The first-order valence-electron chi connectivity index (χ1n) is 5.30. The highest BCUT2D eigenvalue weighted by molar-refractivity contribution is 6.35. The molecule has 0 aromatic heterocycles. The molecule has 1 aliphatic rings. The molecule has 0 aliphatic carbocycles. The lowest BCUT2D eigenvalue weighted by Gasteiger charge is -2.13. The second-order valence-electron chi connectivity index (χ2n) is 3.81. The number of urea groups is 1. The number of benzene rings is 1. The van der Waals surface area contributed by atoms with Gasteiger partial charge in [-0.3, -0.25) is 14.5 Å². The van der Waals surface area contributed by atoms with Gasteiger partial charge in [-0.2, -0.15) is 0 Å². The fraction of sp³-hybridized carbons (Fsp3) is 0.182. The highest BCUT2D eigenvalue weighted by Gasteiger charge is 2.30. The molecule has 1 fully saturated rings. The predicted octanol–water partition coefficient (Wildman–Crippen LogP) is 1.48. The minimum Gasteiger partial charge on any atom is -0.329 e. The van der Waals surface area contributed by atoms with Gasteiger partial charge in [0.2, 0.25) is 5.91 Å². The van der Waals surface area contributed by atoms with Crippen molar-refractivity contribution in [2.45, 2.75) is 0 Å². The Hall–Kier alpha value is -1.79. The van der Waals surface area contributed by atoms with E-state index in [1.165, 1.54) is 12.1 Å². The highest BCUT2D eigenvalue weighted by atomic mass is 35.5. The van der Waals surface area contributed by atoms with E-state index in [1.54, 1.807) is 6.07 Å². The first-order valence-corrected chi connectivity index (χ1v) is 6.06. The van der Waals surface area contributed by atoms with Crippen LogP contribution in [-0.2, 0) is 9.59 Å². The van der Waals surface area contributed by atoms with Crippen LogP contribution in [0.1, 0.15) is 0 Å². The van der Waals surface area contributed by atoms with Gasteiger partial charge in [0, 0.05) is 5.02 Å². The van der Waals surface area contributed by atoms with Crippen molar-refractivity contribution >= 4 is 46.7 Å². The molecule has 19 heavy (non-hydrogen) atoms. The minimum absolute atomic E-state index is 0.0932. The third-order valence-corrected chi connectivity index (χ3v) is 3.01. The number of hydrogen-bond donors (Lipinski definition) is 2. The number of nitrogens with zero attached hydrogens (tertiary/aromatic N) is 1. The molecule has 6 nitrogen and oxygen atoms in total. The average molecular weight is 302 g/mol. The van der Waals surface area contributed by atoms with E-state index in [9.17, 15) is 14.4 Å². The Morgan fingerprint density at radius 3 is 2.74 bits per heavy atom. The molecule has 1 heterocycles. The lowest BCUT2D eigenvalue weighted by Crippen LogP contribution is -2.38. The van der Waals surface area contributed by atoms with Crippen LogP contribution in [0, 0.1) is 0 Å². The maximum absolute atomic E-state index is 11.7. The van der Waals surface area contributed by atoms with Crippen molar-refractivity contribution in [2.75, 3.05) is 18.4 Å². The Morgan fingerprint density at radius 1 is 1.37 bits per heavy atom. The Balaban J connectivity index is 2.03. The molecule has 1 aromatic carbocycles. The van der Waals surface area contributed by atoms with Gasteiger partial charge in [-0.15, -0.1) is 0 Å². The van der Waals surface area contributed by atoms with Gasteiger partial charge in [-0.25, -0.2) is 4.79 Å². The van der Waals surface area contributed by atoms with Crippen molar-refractivity contribution in [3.8, 4) is 0 Å². The van der Waals surface area contributed by atoms with Gasteiger partial charge in [0.05, 0.1) is 17.3 Å². The van der Waals surface area contributed by atoms with Gasteiger partial charge in [-0.1, -0.05) is 23.2 Å². The maximum Gasteiger partial charge on any atom is 0.325 e. The number of halogens is 2. The van der Waals surface area contributed by atoms with E-state index in [-0.39, 0.29) is 13.1 Å². The second kappa shape index (κ2) is 5.46. The number of carbonyl (C=O) groups is 3. The first kappa shape index (κ1) is 13.6. The molecule has 1 aliphatic heterocycles. The topological polar surface area (TPSA) is 78.5 Å². The van der Waals surface area contributed by atoms with Gasteiger partial charge in [0.15, 0.2) is 0 Å². The van der Waals surface area contributed by atoms with E-state index in [1.807, 2.05) is 0 Å². The SMILES string of the molecule is O=C(CN1C(=O)CNC1=O)Nc1cc(Cl)ccc1Cl. The lowest BCUT2D eigenvalue weighted by atomic mass is 10.3. The number of imide groups is 1. The number of rotatable bonds is 3. The van der Waals surface area contributed by atoms with Crippen LogP contribution < -0.4 is 10.6 Å². The van der Waals surface area contributed by atoms with Crippen LogP contribution in [0.4, 0.5) is 10.5 Å². The first-order chi connectivity index (χ1) is 8.97. The Labute approximate surface area is 118 Å². The van der Waals surface area contributed by atoms with E-state index < -0.39 is 17.8 Å². The van der Waals surface area contributed by atoms with Crippen LogP contribution in [-0.4, -0.2) is 35.8 Å². The van der Waals surface area contributed by atoms with E-state index in [0.29, 0.717) is 15.7 Å². The molecule has 8 heteroatoms. The van der Waals surface area contributed by atoms with Crippen molar-refractivity contribution in [3.05, 3.63) is 28.2 Å². The monoisotopic (exact) mass is 301 g/mol. The van der Waals surface area contributed by atoms with Crippen LogP contribution in [0.2, 0.25) is 10.0 Å². The van der Waals surface area contributed by atoms with Crippen LogP contribution in [0.3, 0.4) is 0 Å². The summed E-state index contributed by atoms with van der Waals surface area (Å²) in [5.41, 5.74) is 0.325. The van der Waals surface area contributed by atoms with Crippen molar-refractivity contribution in [3.63, 3.8) is 0 Å². The molecule has 4 amide bonds. The highest BCUT2D eigenvalue weighted by Crippen LogP contribution is 2.25. The maximum atomic E-state index is 11.7. The van der Waals surface area contributed by atoms with Crippen molar-refractivity contribution < 1.29 is 14.4 Å². The van der Waals surface area contributed by atoms with Crippen molar-refractivity contribution in [2.24, 2.45) is 0 Å². The summed E-state index contributed by atoms with van der Waals surface area (Å²) in [4.78, 5) is 35.1. The molecular weight excluding hydrogens is 293 g/mol. The molecule has 0 spiro atoms. The molecule has 100 valence electrons. The smallest absolute Gasteiger partial charge is 0.325 e. The standard InChI is InChI=1S/C11H9Cl2N3O3/c12-6-1-2-7(13)8(3-6)15-9(17)5-16-10(18)4-14-11(16)19/h1-3H,4-5H2,(H,14,19)(H,15,17). The molecule has 2 rings (SSSR count). The van der Waals surface area contributed by atoms with E-state index in [2.05, 4.69) is 10.6 Å². The van der Waals surface area contributed by atoms with Crippen molar-refractivity contribution in [1.29, 1.82) is 0 Å². The lowest BCUT2D eigenvalue weighted by molar-refractivity contribution is -0.128. The molecule has 2 N–H and O–H groups in total. The number of carbonyl (C=O) groups excluding carboxylic acids is 3. The summed E-state index contributed by atoms with van der Waals surface area (Å²) in [5.74, 6) is -0.980. The zero-order chi connectivity index (χ0) is 14.0. The molecule has 1 aromatic rings. The van der Waals surface area contributed by atoms with Gasteiger partial charge in [0.25, 0.3) is 5.91 Å². The zero-order valence-corrected chi connectivity index (χ0v) is 11.1. The second-order valence-corrected chi connectivity index (χ2v) is 4.65. The summed E-state index contributed by atoms with van der Waals surface area (Å²) in [6.45, 7) is -0.461. The summed E-state index contributed by atoms with van der Waals surface area (Å²) in [7, 11) is 0. The molecule has 0 saturated carbocycles. The predicted molar refractivity (Wildman–Crippen MR) is 70.2 cm³/mol. The fourth-order valence-electron chi connectivity index (χ4n) is 1.54. The third kappa shape index (κ3) is 3.15. The molecular formula is C11H9Cl2N3O3. The largest absolute Gasteiger partial charge is 0.329 e. The van der Waals surface area contributed by atoms with Gasteiger partial charge in [0.1, 0.15) is 6.54 Å². The van der Waals surface area contributed by atoms with Crippen LogP contribution in [0.15, 0.2) is 18.2 Å². The number of hydrogen-bond acceptors (Lipinski definition) is 3. The molecule has 0 radical (unpaired) electrons. The summed E-state index contributed by atoms with van der Waals surface area (Å²) in [6, 6.07) is 4.01. The number of nitrogens with one attached hydrogen (secondary N) is 2. The van der Waals surface area contributed by atoms with E-state index in [0.717, 1.165) is 4.90 Å². The Kier molecular flexibility index (Phi) is 3.92. The summed E-state index contributed by atoms with van der Waals surface area (Å²) in [5, 5.41) is 5.54. The summed E-state index contributed by atoms with van der Waals surface area (Å²) < 4.78 is 0. The molecule has 0 unspecified atom stereocenters. The molecule has 1 saturated heterocycles. The Morgan fingerprint density at radius 2 is 2.11 bits per heavy atom. The third-order valence-electron chi connectivity index (χ3n) is 2.44. The zero-order valence-electron chi connectivity index (χ0n) is 9.57. The quantitative estimate of drug-likeness (QED) is 0.830. The Bertz CT molecular complexity index is 546. The normalized spacial score (nSPS) is 14.5. The minimum atomic E-state index is -0.586. The summed E-state index contributed by atoms with van der Waals surface area (Å²) >= 11 is 11.7. The number of amides is 4. The van der Waals surface area contributed by atoms with E-state index >= 15 is 0 Å². The van der Waals surface area contributed by atoms with Crippen LogP contribution in [0.25, 0.3) is 0 Å². The summed E-state index contributed by atoms with van der Waals surface area (Å²) in [6.07, 6.45) is 0. The van der Waals surface area contributed by atoms with Crippen LogP contribution in [0.5, 0.6) is 0 Å². The van der Waals surface area contributed by atoms with Gasteiger partial charge < -0.3 is 10.6 Å². The van der Waals surface area contributed by atoms with Gasteiger partial charge in [-0.05, 0) is 18.2 Å². The average Bonchev–Trinajstić information content (AvgIpc) is 2.65. The molecule has 0 bridgehead atoms.